The highest BCUT2D eigenvalue weighted by Crippen LogP contribution is 2.45. The molecular weight excluding hydrogens is 250 g/mol. The number of fused-ring (bicyclic) bond motifs is 3. The maximum Gasteiger partial charge on any atom is 0.0523 e. The third-order valence-corrected chi connectivity index (χ3v) is 4.45. The van der Waals surface area contributed by atoms with Crippen molar-refractivity contribution in [2.75, 3.05) is 5.32 Å². The van der Waals surface area contributed by atoms with E-state index in [-0.39, 0.29) is 0 Å². The van der Waals surface area contributed by atoms with Gasteiger partial charge >= 0.3 is 0 Å². The number of halogens is 1. The van der Waals surface area contributed by atoms with E-state index in [0.717, 1.165) is 5.92 Å². The van der Waals surface area contributed by atoms with Gasteiger partial charge in [-0.05, 0) is 40.4 Å². The molecule has 0 radical (unpaired) electrons. The van der Waals surface area contributed by atoms with Gasteiger partial charge in [0.05, 0.1) is 5.69 Å². The molecule has 1 aromatic rings. The van der Waals surface area contributed by atoms with Crippen molar-refractivity contribution < 1.29 is 0 Å². The lowest BCUT2D eigenvalue weighted by atomic mass is 9.91. The Bertz CT molecular complexity index is 375. The second-order valence-electron chi connectivity index (χ2n) is 4.70. The first-order valence-electron chi connectivity index (χ1n) is 5.91. The molecule has 0 saturated heterocycles. The van der Waals surface area contributed by atoms with Crippen molar-refractivity contribution in [3.8, 4) is 0 Å². The van der Waals surface area contributed by atoms with Crippen LogP contribution in [0.25, 0.3) is 0 Å². The lowest BCUT2D eigenvalue weighted by molar-refractivity contribution is 0.562. The van der Waals surface area contributed by atoms with Crippen LogP contribution in [0.3, 0.4) is 0 Å². The highest BCUT2D eigenvalue weighted by molar-refractivity contribution is 9.10. The second kappa shape index (κ2) is 3.82. The molecular formula is C13H16BrN. The minimum Gasteiger partial charge on any atom is -0.381 e. The van der Waals surface area contributed by atoms with E-state index in [4.69, 9.17) is 0 Å². The van der Waals surface area contributed by atoms with Crippen LogP contribution < -0.4 is 5.32 Å². The SMILES string of the molecule is Brc1cccc2c1NC1CCCCCC21. The van der Waals surface area contributed by atoms with Gasteiger partial charge in [0.25, 0.3) is 0 Å². The van der Waals surface area contributed by atoms with Gasteiger partial charge in [-0.15, -0.1) is 0 Å². The zero-order valence-corrected chi connectivity index (χ0v) is 10.4. The highest BCUT2D eigenvalue weighted by Gasteiger charge is 2.33. The van der Waals surface area contributed by atoms with E-state index in [9.17, 15) is 0 Å². The summed E-state index contributed by atoms with van der Waals surface area (Å²) in [5, 5.41) is 3.70. The summed E-state index contributed by atoms with van der Waals surface area (Å²) in [4.78, 5) is 0. The van der Waals surface area contributed by atoms with Crippen LogP contribution in [0.2, 0.25) is 0 Å². The number of benzene rings is 1. The fourth-order valence-corrected chi connectivity index (χ4v) is 3.54. The average Bonchev–Trinajstić information content (AvgIpc) is 2.45. The first kappa shape index (κ1) is 9.71. The predicted molar refractivity (Wildman–Crippen MR) is 67.4 cm³/mol. The molecule has 0 aromatic heterocycles. The molecule has 1 aromatic carbocycles. The van der Waals surface area contributed by atoms with Crippen LogP contribution in [0.4, 0.5) is 5.69 Å². The number of hydrogen-bond donors (Lipinski definition) is 1. The molecule has 15 heavy (non-hydrogen) atoms. The van der Waals surface area contributed by atoms with Crippen LogP contribution in [0, 0.1) is 0 Å². The summed E-state index contributed by atoms with van der Waals surface area (Å²) in [6.45, 7) is 0. The van der Waals surface area contributed by atoms with Crippen LogP contribution in [0.5, 0.6) is 0 Å². The van der Waals surface area contributed by atoms with Gasteiger partial charge in [-0.25, -0.2) is 0 Å². The van der Waals surface area contributed by atoms with Crippen molar-refractivity contribution in [2.24, 2.45) is 0 Å². The molecule has 1 heterocycles. The molecule has 0 bridgehead atoms. The maximum atomic E-state index is 3.70. The molecule has 1 N–H and O–H groups in total. The average molecular weight is 266 g/mol. The van der Waals surface area contributed by atoms with E-state index in [1.54, 1.807) is 0 Å². The van der Waals surface area contributed by atoms with Crippen LogP contribution in [-0.2, 0) is 0 Å². The van der Waals surface area contributed by atoms with Crippen LogP contribution in [-0.4, -0.2) is 6.04 Å². The molecule has 1 aliphatic heterocycles. The Kier molecular flexibility index (Phi) is 2.47. The Morgan fingerprint density at radius 3 is 2.93 bits per heavy atom. The van der Waals surface area contributed by atoms with Crippen molar-refractivity contribution >= 4 is 21.6 Å². The fourth-order valence-electron chi connectivity index (χ4n) is 3.04. The normalized spacial score (nSPS) is 28.9. The maximum absolute atomic E-state index is 3.70. The smallest absolute Gasteiger partial charge is 0.0523 e. The Morgan fingerprint density at radius 1 is 1.13 bits per heavy atom. The summed E-state index contributed by atoms with van der Waals surface area (Å²) in [6.07, 6.45) is 6.90. The van der Waals surface area contributed by atoms with Gasteiger partial charge in [-0.3, -0.25) is 0 Å². The van der Waals surface area contributed by atoms with Crippen LogP contribution >= 0.6 is 15.9 Å². The van der Waals surface area contributed by atoms with Crippen molar-refractivity contribution in [1.29, 1.82) is 0 Å². The lowest BCUT2D eigenvalue weighted by Crippen LogP contribution is -2.18. The van der Waals surface area contributed by atoms with E-state index < -0.39 is 0 Å². The molecule has 2 aliphatic rings. The van der Waals surface area contributed by atoms with E-state index in [0.29, 0.717) is 6.04 Å². The molecule has 2 heteroatoms. The third-order valence-electron chi connectivity index (χ3n) is 3.79. The third kappa shape index (κ3) is 1.59. The molecule has 2 atom stereocenters. The molecule has 3 rings (SSSR count). The number of nitrogens with one attached hydrogen (secondary N) is 1. The number of para-hydroxylation sites is 1. The van der Waals surface area contributed by atoms with Gasteiger partial charge in [0, 0.05) is 16.4 Å². The molecule has 1 nitrogen and oxygen atoms in total. The summed E-state index contributed by atoms with van der Waals surface area (Å²) in [5.41, 5.74) is 2.89. The molecule has 1 saturated carbocycles. The van der Waals surface area contributed by atoms with Crippen molar-refractivity contribution in [3.05, 3.63) is 28.2 Å². The zero-order chi connectivity index (χ0) is 10.3. The zero-order valence-electron chi connectivity index (χ0n) is 8.80. The minimum atomic E-state index is 0.696. The lowest BCUT2D eigenvalue weighted by Gasteiger charge is -2.16. The first-order valence-corrected chi connectivity index (χ1v) is 6.70. The predicted octanol–water partition coefficient (Wildman–Crippen LogP) is 4.29. The minimum absolute atomic E-state index is 0.696. The molecule has 80 valence electrons. The first-order chi connectivity index (χ1) is 7.36. The standard InChI is InChI=1S/C13H16BrN/c14-11-7-4-6-10-9-5-2-1-3-8-12(9)15-13(10)11/h4,6-7,9,12,15H,1-3,5,8H2. The summed E-state index contributed by atoms with van der Waals surface area (Å²) in [5.74, 6) is 0.764. The van der Waals surface area contributed by atoms with Crippen LogP contribution in [0.15, 0.2) is 22.7 Å². The van der Waals surface area contributed by atoms with E-state index >= 15 is 0 Å². The van der Waals surface area contributed by atoms with E-state index in [2.05, 4.69) is 39.4 Å². The molecule has 1 aliphatic carbocycles. The monoisotopic (exact) mass is 265 g/mol. The molecule has 1 fully saturated rings. The quantitative estimate of drug-likeness (QED) is 0.738. The van der Waals surface area contributed by atoms with Gasteiger partial charge in [0.2, 0.25) is 0 Å². The highest BCUT2D eigenvalue weighted by atomic mass is 79.9. The van der Waals surface area contributed by atoms with Crippen LogP contribution in [0.1, 0.15) is 43.6 Å². The molecule has 0 spiro atoms. The van der Waals surface area contributed by atoms with Crippen molar-refractivity contribution in [2.45, 2.75) is 44.1 Å². The summed E-state index contributed by atoms with van der Waals surface area (Å²) < 4.78 is 1.23. The summed E-state index contributed by atoms with van der Waals surface area (Å²) in [6, 6.07) is 7.29. The Morgan fingerprint density at radius 2 is 2.00 bits per heavy atom. The molecule has 2 unspecified atom stereocenters. The van der Waals surface area contributed by atoms with Gasteiger partial charge in [0.15, 0.2) is 0 Å². The fraction of sp³-hybridized carbons (Fsp3) is 0.538. The number of rotatable bonds is 0. The van der Waals surface area contributed by atoms with Gasteiger partial charge < -0.3 is 5.32 Å². The summed E-state index contributed by atoms with van der Waals surface area (Å²) in [7, 11) is 0. The van der Waals surface area contributed by atoms with E-state index in [1.165, 1.54) is 47.8 Å². The second-order valence-corrected chi connectivity index (χ2v) is 5.55. The topological polar surface area (TPSA) is 12.0 Å². The van der Waals surface area contributed by atoms with Gasteiger partial charge in [-0.2, -0.15) is 0 Å². The summed E-state index contributed by atoms with van der Waals surface area (Å²) >= 11 is 3.64. The Hall–Kier alpha value is -0.500. The van der Waals surface area contributed by atoms with E-state index in [1.807, 2.05) is 0 Å². The largest absolute Gasteiger partial charge is 0.381 e. The van der Waals surface area contributed by atoms with Crippen molar-refractivity contribution in [3.63, 3.8) is 0 Å². The van der Waals surface area contributed by atoms with Gasteiger partial charge in [-0.1, -0.05) is 31.4 Å². The number of anilines is 1. The Balaban J connectivity index is 2.00. The number of hydrogen-bond acceptors (Lipinski definition) is 1. The van der Waals surface area contributed by atoms with Crippen molar-refractivity contribution in [1.82, 2.24) is 0 Å². The molecule has 0 amide bonds. The van der Waals surface area contributed by atoms with Gasteiger partial charge in [0.1, 0.15) is 0 Å². The Labute approximate surface area is 99.4 Å².